The zero-order valence-electron chi connectivity index (χ0n) is 10.6. The molecule has 1 aromatic rings. The summed E-state index contributed by atoms with van der Waals surface area (Å²) in [6, 6.07) is 5.90. The summed E-state index contributed by atoms with van der Waals surface area (Å²) < 4.78 is 0. The number of aromatic nitrogens is 1. The summed E-state index contributed by atoms with van der Waals surface area (Å²) in [6.07, 6.45) is 5.15. The van der Waals surface area contributed by atoms with E-state index in [1.54, 1.807) is 0 Å². The van der Waals surface area contributed by atoms with Crippen molar-refractivity contribution in [1.82, 2.24) is 4.98 Å². The summed E-state index contributed by atoms with van der Waals surface area (Å²) in [5.74, 6) is 1.90. The monoisotopic (exact) mass is 234 g/mol. The first-order chi connectivity index (χ1) is 8.33. The molecule has 2 heterocycles. The molecule has 17 heavy (non-hydrogen) atoms. The van der Waals surface area contributed by atoms with Crippen LogP contribution in [-0.4, -0.2) is 23.2 Å². The molecule has 0 amide bonds. The van der Waals surface area contributed by atoms with Gasteiger partial charge in [-0.05, 0) is 37.3 Å². The van der Waals surface area contributed by atoms with E-state index in [0.29, 0.717) is 0 Å². The minimum Gasteiger partial charge on any atom is -0.390 e. The minimum absolute atomic E-state index is 0.0270. The van der Waals surface area contributed by atoms with Gasteiger partial charge >= 0.3 is 0 Å². The number of pyridine rings is 1. The van der Waals surface area contributed by atoms with Crippen molar-refractivity contribution in [1.29, 1.82) is 0 Å². The fourth-order valence-electron chi connectivity index (χ4n) is 2.53. The second-order valence-electron chi connectivity index (χ2n) is 4.84. The molecule has 0 spiro atoms. The van der Waals surface area contributed by atoms with Gasteiger partial charge in [-0.1, -0.05) is 19.4 Å². The molecule has 2 rings (SSSR count). The van der Waals surface area contributed by atoms with E-state index in [1.807, 2.05) is 18.2 Å². The van der Waals surface area contributed by atoms with Crippen LogP contribution in [0.25, 0.3) is 0 Å². The first-order valence-electron chi connectivity index (χ1n) is 6.65. The number of rotatable bonds is 3. The highest BCUT2D eigenvalue weighted by atomic mass is 16.3. The molecule has 0 aromatic carbocycles. The van der Waals surface area contributed by atoms with Gasteiger partial charge in [0.1, 0.15) is 5.82 Å². The fraction of sp³-hybridized carbons (Fsp3) is 0.643. The molecule has 1 aliphatic rings. The zero-order chi connectivity index (χ0) is 12.1. The van der Waals surface area contributed by atoms with Gasteiger partial charge in [0.2, 0.25) is 0 Å². The quantitative estimate of drug-likeness (QED) is 0.873. The molecular weight excluding hydrogens is 212 g/mol. The largest absolute Gasteiger partial charge is 0.390 e. The van der Waals surface area contributed by atoms with Crippen LogP contribution in [-0.2, 0) is 6.61 Å². The van der Waals surface area contributed by atoms with Crippen molar-refractivity contribution < 1.29 is 5.11 Å². The van der Waals surface area contributed by atoms with Crippen molar-refractivity contribution in [2.75, 3.05) is 18.0 Å². The van der Waals surface area contributed by atoms with Gasteiger partial charge in [0, 0.05) is 13.1 Å². The van der Waals surface area contributed by atoms with Crippen LogP contribution in [0.4, 0.5) is 5.82 Å². The van der Waals surface area contributed by atoms with Crippen LogP contribution >= 0.6 is 0 Å². The Balaban J connectivity index is 2.05. The predicted molar refractivity (Wildman–Crippen MR) is 70.0 cm³/mol. The van der Waals surface area contributed by atoms with E-state index >= 15 is 0 Å². The third-order valence-electron chi connectivity index (χ3n) is 3.70. The van der Waals surface area contributed by atoms with E-state index in [4.69, 9.17) is 5.11 Å². The van der Waals surface area contributed by atoms with E-state index in [-0.39, 0.29) is 6.61 Å². The highest BCUT2D eigenvalue weighted by Gasteiger charge is 2.16. The van der Waals surface area contributed by atoms with Crippen LogP contribution in [0.1, 0.15) is 38.3 Å². The van der Waals surface area contributed by atoms with Gasteiger partial charge in [-0.15, -0.1) is 0 Å². The van der Waals surface area contributed by atoms with Gasteiger partial charge in [0.25, 0.3) is 0 Å². The van der Waals surface area contributed by atoms with E-state index in [1.165, 1.54) is 25.7 Å². The summed E-state index contributed by atoms with van der Waals surface area (Å²) in [7, 11) is 0. The lowest BCUT2D eigenvalue weighted by Gasteiger charge is -2.22. The van der Waals surface area contributed by atoms with Crippen LogP contribution < -0.4 is 4.90 Å². The van der Waals surface area contributed by atoms with E-state index in [2.05, 4.69) is 16.8 Å². The molecule has 0 radical (unpaired) electrons. The average Bonchev–Trinajstić information content (AvgIpc) is 2.64. The van der Waals surface area contributed by atoms with Gasteiger partial charge in [-0.2, -0.15) is 0 Å². The Labute approximate surface area is 103 Å². The summed E-state index contributed by atoms with van der Waals surface area (Å²) in [4.78, 5) is 6.84. The van der Waals surface area contributed by atoms with E-state index in [9.17, 15) is 0 Å². The molecule has 0 saturated carbocycles. The molecule has 1 aromatic heterocycles. The molecule has 0 aliphatic carbocycles. The number of hydrogen-bond donors (Lipinski definition) is 1. The lowest BCUT2D eigenvalue weighted by Crippen LogP contribution is -2.25. The maximum Gasteiger partial charge on any atom is 0.128 e. The molecule has 1 atom stereocenters. The first kappa shape index (κ1) is 12.4. The molecule has 1 N–H and O–H groups in total. The Morgan fingerprint density at radius 3 is 3.00 bits per heavy atom. The molecule has 0 bridgehead atoms. The van der Waals surface area contributed by atoms with E-state index in [0.717, 1.165) is 30.5 Å². The second-order valence-corrected chi connectivity index (χ2v) is 4.84. The molecule has 1 fully saturated rings. The molecule has 3 nitrogen and oxygen atoms in total. The lowest BCUT2D eigenvalue weighted by molar-refractivity contribution is 0.277. The van der Waals surface area contributed by atoms with Gasteiger partial charge < -0.3 is 10.0 Å². The fourth-order valence-corrected chi connectivity index (χ4v) is 2.53. The maximum atomic E-state index is 9.12. The van der Waals surface area contributed by atoms with Crippen LogP contribution in [0, 0.1) is 5.92 Å². The number of aliphatic hydroxyl groups excluding tert-OH is 1. The normalized spacial score (nSPS) is 21.3. The topological polar surface area (TPSA) is 36.4 Å². The van der Waals surface area contributed by atoms with Crippen LogP contribution in [0.5, 0.6) is 0 Å². The van der Waals surface area contributed by atoms with E-state index < -0.39 is 0 Å². The number of anilines is 1. The van der Waals surface area contributed by atoms with Gasteiger partial charge in [0.05, 0.1) is 12.3 Å². The van der Waals surface area contributed by atoms with Crippen molar-refractivity contribution in [3.8, 4) is 0 Å². The van der Waals surface area contributed by atoms with Gasteiger partial charge in [-0.25, -0.2) is 4.98 Å². The molecule has 1 saturated heterocycles. The predicted octanol–water partition coefficient (Wildman–Crippen LogP) is 2.59. The Morgan fingerprint density at radius 2 is 2.24 bits per heavy atom. The summed E-state index contributed by atoms with van der Waals surface area (Å²) in [5.41, 5.74) is 0.763. The van der Waals surface area contributed by atoms with Crippen LogP contribution in [0.15, 0.2) is 18.2 Å². The van der Waals surface area contributed by atoms with Crippen molar-refractivity contribution in [3.63, 3.8) is 0 Å². The summed E-state index contributed by atoms with van der Waals surface area (Å²) >= 11 is 0. The molecule has 94 valence electrons. The molecule has 1 unspecified atom stereocenters. The zero-order valence-corrected chi connectivity index (χ0v) is 10.6. The number of nitrogens with zero attached hydrogens (tertiary/aromatic N) is 2. The first-order valence-corrected chi connectivity index (χ1v) is 6.65. The van der Waals surface area contributed by atoms with Crippen LogP contribution in [0.3, 0.4) is 0 Å². The Kier molecular flexibility index (Phi) is 4.37. The highest BCUT2D eigenvalue weighted by molar-refractivity contribution is 5.39. The number of hydrogen-bond acceptors (Lipinski definition) is 3. The Bertz CT molecular complexity index is 354. The standard InChI is InChI=1S/C14H22N2O/c1-2-12-5-4-9-16(10-8-12)14-7-3-6-13(11-17)15-14/h3,6-7,12,17H,2,4-5,8-11H2,1H3. The van der Waals surface area contributed by atoms with Crippen LogP contribution in [0.2, 0.25) is 0 Å². The average molecular weight is 234 g/mol. The maximum absolute atomic E-state index is 9.12. The second kappa shape index (κ2) is 6.01. The summed E-state index contributed by atoms with van der Waals surface area (Å²) in [6.45, 7) is 4.50. The van der Waals surface area contributed by atoms with Crippen molar-refractivity contribution >= 4 is 5.82 Å². The molecular formula is C14H22N2O. The Hall–Kier alpha value is -1.09. The third kappa shape index (κ3) is 3.19. The molecule has 1 aliphatic heterocycles. The van der Waals surface area contributed by atoms with Gasteiger partial charge in [-0.3, -0.25) is 0 Å². The van der Waals surface area contributed by atoms with Gasteiger partial charge in [0.15, 0.2) is 0 Å². The van der Waals surface area contributed by atoms with Crippen molar-refractivity contribution in [3.05, 3.63) is 23.9 Å². The smallest absolute Gasteiger partial charge is 0.128 e. The highest BCUT2D eigenvalue weighted by Crippen LogP contribution is 2.23. The lowest BCUT2D eigenvalue weighted by atomic mass is 9.98. The van der Waals surface area contributed by atoms with Crippen molar-refractivity contribution in [2.45, 2.75) is 39.2 Å². The molecule has 3 heteroatoms. The number of aliphatic hydroxyl groups is 1. The Morgan fingerprint density at radius 1 is 1.35 bits per heavy atom. The third-order valence-corrected chi connectivity index (χ3v) is 3.70. The SMILES string of the molecule is CCC1CCCN(c2cccc(CO)n2)CC1. The van der Waals surface area contributed by atoms with Crippen molar-refractivity contribution in [2.24, 2.45) is 5.92 Å². The minimum atomic E-state index is 0.0270. The summed E-state index contributed by atoms with van der Waals surface area (Å²) in [5, 5.41) is 9.12.